The van der Waals surface area contributed by atoms with Crippen LogP contribution in [0.1, 0.15) is 47.9 Å². The smallest absolute Gasteiger partial charge is 0.251 e. The lowest BCUT2D eigenvalue weighted by molar-refractivity contribution is -0.0415. The highest BCUT2D eigenvalue weighted by atomic mass is 35.5. The van der Waals surface area contributed by atoms with E-state index < -0.39 is 17.7 Å². The summed E-state index contributed by atoms with van der Waals surface area (Å²) in [4.78, 5) is 19.9. The number of aromatic nitrogens is 2. The average Bonchev–Trinajstić information content (AvgIpc) is 3.24. The molecule has 2 aromatic heterocycles. The summed E-state index contributed by atoms with van der Waals surface area (Å²) in [5.74, 6) is -4.88. The van der Waals surface area contributed by atoms with Crippen molar-refractivity contribution in [3.05, 3.63) is 74.5 Å². The van der Waals surface area contributed by atoms with Gasteiger partial charge in [0.1, 0.15) is 5.82 Å². The first-order chi connectivity index (χ1) is 14.3. The third-order valence-electron chi connectivity index (χ3n) is 7.03. The Morgan fingerprint density at radius 2 is 2.07 bits per heavy atom. The average molecular weight is 433 g/mol. The van der Waals surface area contributed by atoms with Crippen molar-refractivity contribution in [3.8, 4) is 0 Å². The van der Waals surface area contributed by atoms with Gasteiger partial charge in [0, 0.05) is 53.0 Å². The Morgan fingerprint density at radius 1 is 1.27 bits per heavy atom. The molecule has 0 spiro atoms. The van der Waals surface area contributed by atoms with Gasteiger partial charge in [-0.2, -0.15) is 0 Å². The van der Waals surface area contributed by atoms with Crippen LogP contribution < -0.4 is 5.43 Å². The third kappa shape index (κ3) is 2.88. The van der Waals surface area contributed by atoms with Crippen molar-refractivity contribution in [1.29, 1.82) is 0 Å². The zero-order chi connectivity index (χ0) is 21.2. The van der Waals surface area contributed by atoms with Crippen LogP contribution >= 0.6 is 11.6 Å². The molecule has 0 amide bonds. The number of halogens is 4. The predicted octanol–water partition coefficient (Wildman–Crippen LogP) is 5.96. The number of benzene rings is 1. The van der Waals surface area contributed by atoms with E-state index in [4.69, 9.17) is 11.6 Å². The maximum atomic E-state index is 14.7. The number of pyridine rings is 2. The first-order valence-corrected chi connectivity index (χ1v) is 10.4. The van der Waals surface area contributed by atoms with Crippen LogP contribution in [-0.2, 0) is 0 Å². The minimum atomic E-state index is -2.75. The van der Waals surface area contributed by atoms with E-state index >= 15 is 0 Å². The van der Waals surface area contributed by atoms with Gasteiger partial charge in [-0.15, -0.1) is 0 Å². The molecule has 0 saturated heterocycles. The third-order valence-corrected chi connectivity index (χ3v) is 7.54. The van der Waals surface area contributed by atoms with Crippen molar-refractivity contribution in [2.24, 2.45) is 11.8 Å². The molecular formula is C23H20ClF3N2O. The van der Waals surface area contributed by atoms with E-state index in [2.05, 4.69) is 9.97 Å². The highest BCUT2D eigenvalue weighted by Gasteiger charge is 2.59. The van der Waals surface area contributed by atoms with E-state index in [0.717, 1.165) is 0 Å². The Balaban J connectivity index is 1.68. The van der Waals surface area contributed by atoms with Crippen LogP contribution in [0.3, 0.4) is 0 Å². The molecule has 1 N–H and O–H groups in total. The zero-order valence-corrected chi connectivity index (χ0v) is 17.0. The first-order valence-electron chi connectivity index (χ1n) is 10.1. The van der Waals surface area contributed by atoms with Crippen molar-refractivity contribution >= 4 is 22.5 Å². The van der Waals surface area contributed by atoms with Crippen molar-refractivity contribution in [1.82, 2.24) is 9.97 Å². The molecule has 0 aliphatic heterocycles. The van der Waals surface area contributed by atoms with Crippen LogP contribution in [0.5, 0.6) is 0 Å². The Hall–Kier alpha value is -2.34. The van der Waals surface area contributed by atoms with E-state index in [1.54, 1.807) is 25.3 Å². The van der Waals surface area contributed by atoms with Crippen LogP contribution in [0.25, 0.3) is 10.9 Å². The summed E-state index contributed by atoms with van der Waals surface area (Å²) in [5.41, 5.74) is 2.04. The molecule has 2 heterocycles. The standard InChI is InChI=1S/C23H20ClF3N2O/c1-11-17(25)3-2-13(22(11)24)21-12-4-6-23(26,27)16(12)8-14(21)19-9-20(30)15-10-28-7-5-18(15)29-19/h2-3,5,7,9-10,12,14,16,21H,4,6,8H2,1H3,(H,29,30)/t12-,14?,16-,21+/m1/s1. The summed E-state index contributed by atoms with van der Waals surface area (Å²) in [7, 11) is 0. The molecule has 0 radical (unpaired) electrons. The number of aromatic amines is 1. The molecule has 1 aromatic carbocycles. The fourth-order valence-electron chi connectivity index (χ4n) is 5.57. The van der Waals surface area contributed by atoms with E-state index in [1.165, 1.54) is 18.3 Å². The minimum Gasteiger partial charge on any atom is -0.358 e. The number of hydrogen-bond acceptors (Lipinski definition) is 2. The predicted molar refractivity (Wildman–Crippen MR) is 110 cm³/mol. The maximum absolute atomic E-state index is 14.7. The van der Waals surface area contributed by atoms with Crippen LogP contribution in [-0.4, -0.2) is 15.9 Å². The second kappa shape index (κ2) is 6.84. The Labute approximate surface area is 176 Å². The highest BCUT2D eigenvalue weighted by molar-refractivity contribution is 6.32. The molecule has 1 unspecified atom stereocenters. The molecule has 3 nitrogen and oxygen atoms in total. The number of rotatable bonds is 2. The lowest BCUT2D eigenvalue weighted by Gasteiger charge is -2.26. The van der Waals surface area contributed by atoms with Crippen molar-refractivity contribution in [3.63, 3.8) is 0 Å². The lowest BCUT2D eigenvalue weighted by Crippen LogP contribution is -2.23. The summed E-state index contributed by atoms with van der Waals surface area (Å²) < 4.78 is 43.4. The summed E-state index contributed by atoms with van der Waals surface area (Å²) in [6, 6.07) is 6.16. The molecule has 5 rings (SSSR count). The molecule has 4 atom stereocenters. The molecule has 2 aliphatic carbocycles. The SMILES string of the molecule is Cc1c(F)ccc([C@H]2C(c3cc(=O)c4cnccc4[nH]3)C[C@@H]3[C@H]2CCC3(F)F)c1Cl. The molecule has 2 fully saturated rings. The summed E-state index contributed by atoms with van der Waals surface area (Å²) in [6.07, 6.45) is 3.56. The monoisotopic (exact) mass is 432 g/mol. The largest absolute Gasteiger partial charge is 0.358 e. The molecule has 156 valence electrons. The Kier molecular flexibility index (Phi) is 4.47. The highest BCUT2D eigenvalue weighted by Crippen LogP contribution is 2.63. The molecule has 3 aromatic rings. The number of hydrogen-bond donors (Lipinski definition) is 1. The Morgan fingerprint density at radius 3 is 2.87 bits per heavy atom. The van der Waals surface area contributed by atoms with Crippen molar-refractivity contribution in [2.45, 2.75) is 43.9 Å². The summed E-state index contributed by atoms with van der Waals surface area (Å²) in [6.45, 7) is 1.59. The van der Waals surface area contributed by atoms with E-state index in [1.807, 2.05) is 0 Å². The van der Waals surface area contributed by atoms with Gasteiger partial charge in [-0.25, -0.2) is 13.2 Å². The fourth-order valence-corrected chi connectivity index (χ4v) is 5.85. The quantitative estimate of drug-likeness (QED) is 0.543. The lowest BCUT2D eigenvalue weighted by atomic mass is 9.80. The van der Waals surface area contributed by atoms with Crippen LogP contribution in [0.2, 0.25) is 5.02 Å². The minimum absolute atomic E-state index is 0.150. The number of nitrogens with zero attached hydrogens (tertiary/aromatic N) is 1. The van der Waals surface area contributed by atoms with Gasteiger partial charge in [0.2, 0.25) is 0 Å². The topological polar surface area (TPSA) is 45.8 Å². The van der Waals surface area contributed by atoms with Gasteiger partial charge in [0.05, 0.1) is 10.9 Å². The van der Waals surface area contributed by atoms with Gasteiger partial charge in [-0.3, -0.25) is 9.78 Å². The summed E-state index contributed by atoms with van der Waals surface area (Å²) >= 11 is 6.51. The second-order valence-electron chi connectivity index (χ2n) is 8.52. The molecule has 7 heteroatoms. The van der Waals surface area contributed by atoms with E-state index in [-0.39, 0.29) is 41.0 Å². The van der Waals surface area contributed by atoms with Crippen LogP contribution in [0, 0.1) is 24.6 Å². The Bertz CT molecular complexity index is 1210. The van der Waals surface area contributed by atoms with Gasteiger partial charge in [0.15, 0.2) is 5.43 Å². The maximum Gasteiger partial charge on any atom is 0.251 e. The molecular weight excluding hydrogens is 413 g/mol. The van der Waals surface area contributed by atoms with Crippen LogP contribution in [0.15, 0.2) is 41.5 Å². The molecule has 2 saturated carbocycles. The number of alkyl halides is 2. The fraction of sp³-hybridized carbons (Fsp3) is 0.391. The van der Waals surface area contributed by atoms with Crippen molar-refractivity contribution in [2.75, 3.05) is 0 Å². The van der Waals surface area contributed by atoms with Crippen LogP contribution in [0.4, 0.5) is 13.2 Å². The second-order valence-corrected chi connectivity index (χ2v) is 8.90. The van der Waals surface area contributed by atoms with Gasteiger partial charge in [0.25, 0.3) is 5.92 Å². The van der Waals surface area contributed by atoms with Gasteiger partial charge >= 0.3 is 0 Å². The van der Waals surface area contributed by atoms with Gasteiger partial charge in [-0.1, -0.05) is 17.7 Å². The zero-order valence-electron chi connectivity index (χ0n) is 16.3. The van der Waals surface area contributed by atoms with E-state index in [9.17, 15) is 18.0 Å². The molecule has 2 aliphatic rings. The van der Waals surface area contributed by atoms with Gasteiger partial charge in [-0.05, 0) is 49.3 Å². The number of H-pyrrole nitrogens is 1. The molecule has 0 bridgehead atoms. The van der Waals surface area contributed by atoms with E-state index in [0.29, 0.717) is 34.1 Å². The van der Waals surface area contributed by atoms with Crippen molar-refractivity contribution < 1.29 is 13.2 Å². The van der Waals surface area contributed by atoms with Gasteiger partial charge < -0.3 is 4.98 Å². The number of fused-ring (bicyclic) bond motifs is 2. The normalized spacial score (nSPS) is 27.5. The number of nitrogens with one attached hydrogen (secondary N) is 1. The summed E-state index contributed by atoms with van der Waals surface area (Å²) in [5, 5.41) is 0.741. The first kappa shape index (κ1) is 19.6. The molecule has 30 heavy (non-hydrogen) atoms.